The maximum atomic E-state index is 13.2. The van der Waals surface area contributed by atoms with Crippen LogP contribution in [0.15, 0.2) is 18.2 Å². The molecule has 1 aromatic carbocycles. The van der Waals surface area contributed by atoms with Crippen molar-refractivity contribution in [2.24, 2.45) is 5.92 Å². The second-order valence-corrected chi connectivity index (χ2v) is 5.24. The molecule has 1 saturated carbocycles. The van der Waals surface area contributed by atoms with Crippen LogP contribution in [0.5, 0.6) is 0 Å². The summed E-state index contributed by atoms with van der Waals surface area (Å²) in [6, 6.07) is 4.79. The molecule has 1 aliphatic rings. The second-order valence-electron chi connectivity index (χ2n) is 5.24. The van der Waals surface area contributed by atoms with Gasteiger partial charge in [-0.25, -0.2) is 4.39 Å². The van der Waals surface area contributed by atoms with Crippen LogP contribution in [0.1, 0.15) is 31.2 Å². The number of nitrogen functional groups attached to an aromatic ring is 1. The van der Waals surface area contributed by atoms with Gasteiger partial charge in [0.05, 0.1) is 0 Å². The maximum Gasteiger partial charge on any atom is 0.125 e. The molecule has 0 heterocycles. The van der Waals surface area contributed by atoms with Crippen molar-refractivity contribution in [1.29, 1.82) is 0 Å². The second kappa shape index (κ2) is 5.50. The van der Waals surface area contributed by atoms with Gasteiger partial charge in [-0.15, -0.1) is 0 Å². The van der Waals surface area contributed by atoms with Gasteiger partial charge in [0.25, 0.3) is 0 Å². The molecular formula is C14H21FN2. The van der Waals surface area contributed by atoms with Gasteiger partial charge in [-0.1, -0.05) is 12.8 Å². The Morgan fingerprint density at radius 1 is 1.29 bits per heavy atom. The number of halogens is 1. The standard InChI is InChI=1S/C14H21FN2/c1-17(9-11-4-2-3-5-11)10-12-6-13(15)8-14(16)7-12/h6-8,11H,2-5,9-10,16H2,1H3. The van der Waals surface area contributed by atoms with Crippen LogP contribution in [0.25, 0.3) is 0 Å². The zero-order valence-corrected chi connectivity index (χ0v) is 10.5. The number of nitrogens with zero attached hydrogens (tertiary/aromatic N) is 1. The molecule has 0 aromatic heterocycles. The van der Waals surface area contributed by atoms with E-state index >= 15 is 0 Å². The molecule has 94 valence electrons. The molecule has 0 unspecified atom stereocenters. The van der Waals surface area contributed by atoms with Crippen LogP contribution >= 0.6 is 0 Å². The highest BCUT2D eigenvalue weighted by Crippen LogP contribution is 2.25. The SMILES string of the molecule is CN(Cc1cc(N)cc(F)c1)CC1CCCC1. The van der Waals surface area contributed by atoms with Crippen LogP contribution < -0.4 is 5.73 Å². The summed E-state index contributed by atoms with van der Waals surface area (Å²) < 4.78 is 13.2. The van der Waals surface area contributed by atoms with Gasteiger partial charge in [-0.05, 0) is 49.6 Å². The molecule has 0 radical (unpaired) electrons. The van der Waals surface area contributed by atoms with E-state index in [1.165, 1.54) is 31.7 Å². The first-order chi connectivity index (χ1) is 8.13. The molecule has 0 saturated heterocycles. The molecule has 2 rings (SSSR count). The minimum Gasteiger partial charge on any atom is -0.399 e. The summed E-state index contributed by atoms with van der Waals surface area (Å²) in [6.07, 6.45) is 5.42. The average molecular weight is 236 g/mol. The van der Waals surface area contributed by atoms with E-state index in [-0.39, 0.29) is 5.82 Å². The fourth-order valence-electron chi connectivity index (χ4n) is 2.78. The highest BCUT2D eigenvalue weighted by molar-refractivity contribution is 5.41. The van der Waals surface area contributed by atoms with E-state index < -0.39 is 0 Å². The normalized spacial score (nSPS) is 16.9. The predicted octanol–water partition coefficient (Wildman–Crippen LogP) is 3.03. The first kappa shape index (κ1) is 12.4. The molecule has 1 fully saturated rings. The van der Waals surface area contributed by atoms with Crippen LogP contribution in [-0.2, 0) is 6.54 Å². The Labute approximate surface area is 103 Å². The van der Waals surface area contributed by atoms with Gasteiger partial charge in [-0.3, -0.25) is 0 Å². The quantitative estimate of drug-likeness (QED) is 0.814. The predicted molar refractivity (Wildman–Crippen MR) is 69.1 cm³/mol. The Kier molecular flexibility index (Phi) is 4.00. The zero-order valence-electron chi connectivity index (χ0n) is 10.5. The third-order valence-electron chi connectivity index (χ3n) is 3.48. The summed E-state index contributed by atoms with van der Waals surface area (Å²) in [7, 11) is 2.10. The fourth-order valence-corrected chi connectivity index (χ4v) is 2.78. The van der Waals surface area contributed by atoms with Crippen molar-refractivity contribution in [2.45, 2.75) is 32.2 Å². The van der Waals surface area contributed by atoms with Crippen molar-refractivity contribution < 1.29 is 4.39 Å². The van der Waals surface area contributed by atoms with E-state index in [1.54, 1.807) is 6.07 Å². The lowest BCUT2D eigenvalue weighted by atomic mass is 10.1. The summed E-state index contributed by atoms with van der Waals surface area (Å²) in [5, 5.41) is 0. The molecular weight excluding hydrogens is 215 g/mol. The largest absolute Gasteiger partial charge is 0.399 e. The first-order valence-corrected chi connectivity index (χ1v) is 6.37. The molecule has 1 aromatic rings. The lowest BCUT2D eigenvalue weighted by Crippen LogP contribution is -2.24. The van der Waals surface area contributed by atoms with Crippen molar-refractivity contribution in [1.82, 2.24) is 4.90 Å². The summed E-state index contributed by atoms with van der Waals surface area (Å²) in [6.45, 7) is 1.88. The van der Waals surface area contributed by atoms with Crippen molar-refractivity contribution >= 4 is 5.69 Å². The van der Waals surface area contributed by atoms with Gasteiger partial charge in [0.1, 0.15) is 5.82 Å². The van der Waals surface area contributed by atoms with Crippen molar-refractivity contribution in [3.8, 4) is 0 Å². The molecule has 0 atom stereocenters. The number of hydrogen-bond acceptors (Lipinski definition) is 2. The van der Waals surface area contributed by atoms with Crippen LogP contribution in [0.3, 0.4) is 0 Å². The highest BCUT2D eigenvalue weighted by Gasteiger charge is 2.16. The van der Waals surface area contributed by atoms with E-state index in [1.807, 2.05) is 6.07 Å². The smallest absolute Gasteiger partial charge is 0.125 e. The molecule has 2 nitrogen and oxygen atoms in total. The molecule has 3 heteroatoms. The summed E-state index contributed by atoms with van der Waals surface area (Å²) in [4.78, 5) is 2.27. The monoisotopic (exact) mass is 236 g/mol. The summed E-state index contributed by atoms with van der Waals surface area (Å²) in [5.41, 5.74) is 7.11. The number of rotatable bonds is 4. The number of anilines is 1. The molecule has 0 amide bonds. The summed E-state index contributed by atoms with van der Waals surface area (Å²) in [5.74, 6) is 0.583. The molecule has 1 aliphatic carbocycles. The van der Waals surface area contributed by atoms with Crippen LogP contribution in [0, 0.1) is 11.7 Å². The van der Waals surface area contributed by atoms with E-state index in [4.69, 9.17) is 5.73 Å². The Morgan fingerprint density at radius 3 is 2.65 bits per heavy atom. The lowest BCUT2D eigenvalue weighted by molar-refractivity contribution is 0.271. The van der Waals surface area contributed by atoms with Gasteiger partial charge in [0.2, 0.25) is 0 Å². The third-order valence-corrected chi connectivity index (χ3v) is 3.48. The maximum absolute atomic E-state index is 13.2. The fraction of sp³-hybridized carbons (Fsp3) is 0.571. The van der Waals surface area contributed by atoms with Crippen molar-refractivity contribution in [3.63, 3.8) is 0 Å². The third kappa shape index (κ3) is 3.70. The van der Waals surface area contributed by atoms with E-state index in [9.17, 15) is 4.39 Å². The van der Waals surface area contributed by atoms with E-state index in [0.29, 0.717) is 5.69 Å². The minimum atomic E-state index is -0.241. The van der Waals surface area contributed by atoms with Crippen molar-refractivity contribution in [2.75, 3.05) is 19.3 Å². The Hall–Kier alpha value is -1.09. The van der Waals surface area contributed by atoms with Gasteiger partial charge < -0.3 is 10.6 Å². The molecule has 17 heavy (non-hydrogen) atoms. The van der Waals surface area contributed by atoms with Crippen LogP contribution in [0.4, 0.5) is 10.1 Å². The summed E-state index contributed by atoms with van der Waals surface area (Å²) >= 11 is 0. The molecule has 0 spiro atoms. The van der Waals surface area contributed by atoms with Gasteiger partial charge in [0.15, 0.2) is 0 Å². The Morgan fingerprint density at radius 2 is 2.00 bits per heavy atom. The number of benzene rings is 1. The Bertz CT molecular complexity index is 352. The lowest BCUT2D eigenvalue weighted by Gasteiger charge is -2.20. The van der Waals surface area contributed by atoms with Crippen LogP contribution in [-0.4, -0.2) is 18.5 Å². The molecule has 0 bridgehead atoms. The topological polar surface area (TPSA) is 29.3 Å². The van der Waals surface area contributed by atoms with E-state index in [0.717, 1.165) is 24.6 Å². The van der Waals surface area contributed by atoms with Crippen molar-refractivity contribution in [3.05, 3.63) is 29.6 Å². The average Bonchev–Trinajstić information content (AvgIpc) is 2.67. The van der Waals surface area contributed by atoms with Gasteiger partial charge in [0, 0.05) is 18.8 Å². The first-order valence-electron chi connectivity index (χ1n) is 6.37. The molecule has 2 N–H and O–H groups in total. The van der Waals surface area contributed by atoms with Gasteiger partial charge >= 0.3 is 0 Å². The van der Waals surface area contributed by atoms with Crippen LogP contribution in [0.2, 0.25) is 0 Å². The number of hydrogen-bond donors (Lipinski definition) is 1. The molecule has 0 aliphatic heterocycles. The van der Waals surface area contributed by atoms with Gasteiger partial charge in [-0.2, -0.15) is 0 Å². The minimum absolute atomic E-state index is 0.241. The number of nitrogens with two attached hydrogens (primary N) is 1. The highest BCUT2D eigenvalue weighted by atomic mass is 19.1. The van der Waals surface area contributed by atoms with E-state index in [2.05, 4.69) is 11.9 Å². The Balaban J connectivity index is 1.90. The zero-order chi connectivity index (χ0) is 12.3.